The molecule has 0 amide bonds. The number of carbonyl (C=O) groups excluding carboxylic acids is 1. The van der Waals surface area contributed by atoms with Crippen LogP contribution >= 0.6 is 0 Å². The van der Waals surface area contributed by atoms with Crippen molar-refractivity contribution in [2.45, 2.75) is 79.9 Å². The number of methoxy groups -OCH3 is 2. The van der Waals surface area contributed by atoms with Gasteiger partial charge in [-0.2, -0.15) is 0 Å². The fourth-order valence-corrected chi connectivity index (χ4v) is 8.19. The first-order chi connectivity index (χ1) is 24.4. The fourth-order valence-electron chi connectivity index (χ4n) is 8.19. The van der Waals surface area contributed by atoms with Gasteiger partial charge in [-0.1, -0.05) is 12.1 Å². The highest BCUT2D eigenvalue weighted by atomic mass is 16.7. The number of aliphatic hydroxyl groups excluding tert-OH is 4. The Hall–Kier alpha value is -4.58. The first kappa shape index (κ1) is 34.9. The molecular formula is C35H40N2O14. The van der Waals surface area contributed by atoms with Crippen molar-refractivity contribution in [2.24, 2.45) is 23.3 Å². The van der Waals surface area contributed by atoms with Crippen LogP contribution in [0.5, 0.6) is 28.7 Å². The number of benzene rings is 2. The van der Waals surface area contributed by atoms with Crippen molar-refractivity contribution in [3.63, 3.8) is 0 Å². The number of nitrogens with two attached hydrogens (primary N) is 2. The zero-order valence-electron chi connectivity index (χ0n) is 27.7. The average molecular weight is 713 g/mol. The third-order valence-corrected chi connectivity index (χ3v) is 10.4. The molecule has 11 atom stereocenters. The quantitative estimate of drug-likeness (QED) is 0.108. The van der Waals surface area contributed by atoms with Gasteiger partial charge in [0.1, 0.15) is 59.8 Å². The number of allylic oxidation sites excluding steroid dienone is 2. The van der Waals surface area contributed by atoms with Crippen LogP contribution in [0.4, 0.5) is 0 Å². The molecule has 9 N–H and O–H groups in total. The average Bonchev–Trinajstić information content (AvgIpc) is 3.65. The molecule has 2 aliphatic carbocycles. The lowest BCUT2D eigenvalue weighted by molar-refractivity contribution is -0.291. The van der Waals surface area contributed by atoms with Crippen molar-refractivity contribution in [1.82, 2.24) is 0 Å². The number of ether oxygens (including phenoxy) is 7. The maximum Gasteiger partial charge on any atom is 0.317 e. The minimum Gasteiger partial charge on any atom is -0.508 e. The fraction of sp³-hybridized carbons (Fsp3) is 0.486. The van der Waals surface area contributed by atoms with Crippen LogP contribution in [-0.2, 0) is 19.1 Å². The van der Waals surface area contributed by atoms with Gasteiger partial charge in [-0.15, -0.1) is 0 Å². The molecule has 1 saturated carbocycles. The van der Waals surface area contributed by atoms with E-state index in [1.807, 2.05) is 24.3 Å². The third kappa shape index (κ3) is 5.81. The van der Waals surface area contributed by atoms with E-state index in [1.54, 1.807) is 38.5 Å². The molecule has 11 unspecified atom stereocenters. The third-order valence-electron chi connectivity index (χ3n) is 10.4. The number of aliphatic hydroxyl groups is 4. The lowest BCUT2D eigenvalue weighted by Crippen LogP contribution is -2.66. The smallest absolute Gasteiger partial charge is 0.317 e. The maximum atomic E-state index is 12.2. The number of rotatable bonds is 9. The van der Waals surface area contributed by atoms with E-state index in [1.165, 1.54) is 0 Å². The molecule has 3 heterocycles. The zero-order valence-corrected chi connectivity index (χ0v) is 27.7. The van der Waals surface area contributed by atoms with Crippen molar-refractivity contribution in [3.8, 4) is 28.7 Å². The number of carboxylic acid groups (broad SMARTS) is 1. The monoisotopic (exact) mass is 712 g/mol. The molecule has 16 heteroatoms. The van der Waals surface area contributed by atoms with E-state index in [9.17, 15) is 30.0 Å². The Morgan fingerprint density at radius 3 is 2.51 bits per heavy atom. The summed E-state index contributed by atoms with van der Waals surface area (Å²) in [7, 11) is 3.09. The summed E-state index contributed by atoms with van der Waals surface area (Å²) in [6.07, 6.45) is -6.51. The number of esters is 1. The minimum atomic E-state index is -1.86. The highest BCUT2D eigenvalue weighted by Crippen LogP contribution is 2.66. The molecule has 2 fully saturated rings. The van der Waals surface area contributed by atoms with E-state index in [0.717, 1.165) is 12.0 Å². The largest absolute Gasteiger partial charge is 0.508 e. The molecule has 274 valence electrons. The van der Waals surface area contributed by atoms with Crippen LogP contribution in [0.3, 0.4) is 0 Å². The summed E-state index contributed by atoms with van der Waals surface area (Å²) in [6, 6.07) is 8.75. The molecule has 5 aliphatic rings. The van der Waals surface area contributed by atoms with Crippen molar-refractivity contribution in [1.29, 1.82) is 0 Å². The molecule has 7 rings (SSSR count). The zero-order chi connectivity index (χ0) is 36.4. The molecule has 0 bridgehead atoms. The molecular weight excluding hydrogens is 672 g/mol. The Bertz CT molecular complexity index is 1760. The van der Waals surface area contributed by atoms with E-state index >= 15 is 0 Å². The van der Waals surface area contributed by atoms with E-state index in [2.05, 4.69) is 0 Å². The second-order valence-electron chi connectivity index (χ2n) is 13.3. The van der Waals surface area contributed by atoms with Gasteiger partial charge < -0.3 is 70.2 Å². The number of fused-ring (bicyclic) bond motifs is 8. The first-order valence-electron chi connectivity index (χ1n) is 16.5. The first-order valence-corrected chi connectivity index (χ1v) is 16.5. The molecule has 0 radical (unpaired) electrons. The number of carboxylic acids is 1. The Kier molecular flexibility index (Phi) is 9.02. The van der Waals surface area contributed by atoms with Crippen LogP contribution in [-0.4, -0.2) is 100 Å². The second kappa shape index (κ2) is 13.2. The van der Waals surface area contributed by atoms with Gasteiger partial charge in [-0.25, -0.2) is 0 Å². The van der Waals surface area contributed by atoms with Crippen molar-refractivity contribution < 1.29 is 68.3 Å². The normalized spacial score (nSPS) is 33.5. The summed E-state index contributed by atoms with van der Waals surface area (Å²) in [5.74, 6) is -0.823. The number of hydrogen-bond acceptors (Lipinski definition) is 15. The van der Waals surface area contributed by atoms with Gasteiger partial charge in [0.05, 0.1) is 26.3 Å². The lowest BCUT2D eigenvalue weighted by atomic mass is 9.68. The molecule has 16 nitrogen and oxygen atoms in total. The summed E-state index contributed by atoms with van der Waals surface area (Å²) in [6.45, 7) is 0. The Balaban J connectivity index is 1.22. The van der Waals surface area contributed by atoms with Crippen molar-refractivity contribution >= 4 is 11.9 Å². The van der Waals surface area contributed by atoms with Gasteiger partial charge >= 0.3 is 11.9 Å². The highest BCUT2D eigenvalue weighted by molar-refractivity contribution is 5.90. The van der Waals surface area contributed by atoms with E-state index in [0.29, 0.717) is 35.0 Å². The Morgan fingerprint density at radius 1 is 1.04 bits per heavy atom. The van der Waals surface area contributed by atoms with Crippen LogP contribution in [0.15, 0.2) is 54.3 Å². The summed E-state index contributed by atoms with van der Waals surface area (Å²) >= 11 is 0. The molecule has 2 aromatic carbocycles. The van der Waals surface area contributed by atoms with Crippen molar-refractivity contribution in [3.05, 3.63) is 65.4 Å². The second-order valence-corrected chi connectivity index (χ2v) is 13.3. The van der Waals surface area contributed by atoms with Gasteiger partial charge in [0.25, 0.3) is 0 Å². The molecule has 1 spiro atoms. The summed E-state index contributed by atoms with van der Waals surface area (Å²) < 4.78 is 41.9. The predicted molar refractivity (Wildman–Crippen MR) is 173 cm³/mol. The number of aliphatic carboxylic acids is 1. The predicted octanol–water partition coefficient (Wildman–Crippen LogP) is 0.907. The summed E-state index contributed by atoms with van der Waals surface area (Å²) in [4.78, 5) is 23.2. The SMILES string of the molecule is COc1ccc2c(c1OC)OC1c3ccc(OC4OC(C(OC(=O)CC(=O)O)C(N)N)C(O)C(O)C4O)cc3OC3(CCC4C=C(O)C=CC43)C21. The highest BCUT2D eigenvalue weighted by Gasteiger charge is 2.63. The van der Waals surface area contributed by atoms with Gasteiger partial charge in [0, 0.05) is 23.1 Å². The van der Waals surface area contributed by atoms with Crippen LogP contribution < -0.4 is 35.2 Å². The van der Waals surface area contributed by atoms with Gasteiger partial charge in [-0.05, 0) is 49.1 Å². The topological polar surface area (TPSA) is 252 Å². The van der Waals surface area contributed by atoms with E-state index in [-0.39, 0.29) is 29.3 Å². The molecule has 1 saturated heterocycles. The maximum absolute atomic E-state index is 12.2. The van der Waals surface area contributed by atoms with E-state index < -0.39 is 73.0 Å². The molecule has 2 aromatic rings. The molecule has 0 aromatic heterocycles. The minimum absolute atomic E-state index is 0.00271. The van der Waals surface area contributed by atoms with Crippen LogP contribution in [0.2, 0.25) is 0 Å². The van der Waals surface area contributed by atoms with Crippen LogP contribution in [0, 0.1) is 11.8 Å². The Labute approximate surface area is 291 Å². The van der Waals surface area contributed by atoms with Gasteiger partial charge in [-0.3, -0.25) is 9.59 Å². The summed E-state index contributed by atoms with van der Waals surface area (Å²) in [5, 5.41) is 51.6. The van der Waals surface area contributed by atoms with Crippen LogP contribution in [0.25, 0.3) is 0 Å². The standard InChI is InChI=1S/C35H40N2O14/c1-45-20-8-6-18-24-28(49-29(18)30(20)46-2)17-5-4-16(12-21(17)51-35(24)10-9-14-11-15(38)3-7-19(14)35)47-34-27(44)25(42)26(43)31(50-34)32(33(36)37)48-23(41)13-22(39)40/h3-8,11-12,14,19,24-28,31-34,38,42-44H,9-10,13,36-37H2,1-2H3,(H,39,40). The van der Waals surface area contributed by atoms with Gasteiger partial charge in [0.2, 0.25) is 12.0 Å². The van der Waals surface area contributed by atoms with E-state index in [4.69, 9.17) is 49.7 Å². The van der Waals surface area contributed by atoms with Crippen LogP contribution in [0.1, 0.15) is 42.4 Å². The van der Waals surface area contributed by atoms with Crippen molar-refractivity contribution in [2.75, 3.05) is 14.2 Å². The number of carbonyl (C=O) groups is 2. The molecule has 51 heavy (non-hydrogen) atoms. The van der Waals surface area contributed by atoms with Gasteiger partial charge in [0.15, 0.2) is 17.6 Å². The number of hydrogen-bond donors (Lipinski definition) is 7. The molecule has 3 aliphatic heterocycles. The summed E-state index contributed by atoms with van der Waals surface area (Å²) in [5.41, 5.74) is 12.4. The lowest BCUT2D eigenvalue weighted by Gasteiger charge is -2.47. The Morgan fingerprint density at radius 2 is 1.80 bits per heavy atom.